The highest BCUT2D eigenvalue weighted by atomic mass is 16.5. The van der Waals surface area contributed by atoms with Gasteiger partial charge in [-0.2, -0.15) is 0 Å². The molecule has 15 heavy (non-hydrogen) atoms. The third-order valence-corrected chi connectivity index (χ3v) is 3.86. The monoisotopic (exact) mass is 212 g/mol. The summed E-state index contributed by atoms with van der Waals surface area (Å²) in [7, 11) is 0. The summed E-state index contributed by atoms with van der Waals surface area (Å²) in [6.45, 7) is 8.76. The lowest BCUT2D eigenvalue weighted by Crippen LogP contribution is -2.43. The maximum absolute atomic E-state index is 5.75. The molecule has 2 aliphatic heterocycles. The van der Waals surface area contributed by atoms with E-state index in [0.717, 1.165) is 25.6 Å². The summed E-state index contributed by atoms with van der Waals surface area (Å²) in [5, 5.41) is 7.09. The van der Waals surface area contributed by atoms with Gasteiger partial charge in [-0.1, -0.05) is 6.92 Å². The highest BCUT2D eigenvalue weighted by Gasteiger charge is 2.30. The Morgan fingerprint density at radius 3 is 3.00 bits per heavy atom. The molecule has 0 spiro atoms. The molecule has 2 aliphatic rings. The van der Waals surface area contributed by atoms with E-state index in [1.54, 1.807) is 0 Å². The van der Waals surface area contributed by atoms with Gasteiger partial charge in [0.25, 0.3) is 0 Å². The third-order valence-electron chi connectivity index (χ3n) is 3.86. The van der Waals surface area contributed by atoms with Crippen LogP contribution in [0, 0.1) is 5.92 Å². The van der Waals surface area contributed by atoms with Crippen LogP contribution in [0.15, 0.2) is 0 Å². The Bertz CT molecular complexity index is 202. The van der Waals surface area contributed by atoms with E-state index in [-0.39, 0.29) is 5.60 Å². The van der Waals surface area contributed by atoms with Gasteiger partial charge in [0, 0.05) is 25.7 Å². The van der Waals surface area contributed by atoms with Crippen molar-refractivity contribution in [3.05, 3.63) is 0 Å². The Morgan fingerprint density at radius 1 is 1.53 bits per heavy atom. The van der Waals surface area contributed by atoms with Gasteiger partial charge < -0.3 is 15.4 Å². The molecule has 2 saturated heterocycles. The van der Waals surface area contributed by atoms with Crippen molar-refractivity contribution in [2.75, 3.05) is 26.2 Å². The zero-order chi connectivity index (χ0) is 10.7. The molecular weight excluding hydrogens is 188 g/mol. The molecule has 2 heterocycles. The maximum atomic E-state index is 5.75. The number of ether oxygens (including phenoxy) is 1. The lowest BCUT2D eigenvalue weighted by atomic mass is 10.0. The standard InChI is InChI=1S/C12H24N2O/c1-10-4-6-14-11(10)8-13-9-12(2)5-3-7-15-12/h10-11,13-14H,3-9H2,1-2H3. The summed E-state index contributed by atoms with van der Waals surface area (Å²) in [6.07, 6.45) is 3.74. The van der Waals surface area contributed by atoms with E-state index in [4.69, 9.17) is 4.74 Å². The Kier molecular flexibility index (Phi) is 3.65. The SMILES string of the molecule is CC1CCNC1CNCC1(C)CCCO1. The summed E-state index contributed by atoms with van der Waals surface area (Å²) in [5.74, 6) is 0.815. The molecular formula is C12H24N2O. The van der Waals surface area contributed by atoms with Gasteiger partial charge in [-0.3, -0.25) is 0 Å². The second-order valence-electron chi connectivity index (χ2n) is 5.36. The van der Waals surface area contributed by atoms with Crippen molar-refractivity contribution >= 4 is 0 Å². The lowest BCUT2D eigenvalue weighted by molar-refractivity contribution is 0.0205. The molecule has 2 fully saturated rings. The predicted octanol–water partition coefficient (Wildman–Crippen LogP) is 1.14. The Labute approximate surface area is 93.0 Å². The summed E-state index contributed by atoms with van der Waals surface area (Å²) in [4.78, 5) is 0. The van der Waals surface area contributed by atoms with E-state index in [9.17, 15) is 0 Å². The average molecular weight is 212 g/mol. The molecule has 0 bridgehead atoms. The first-order valence-corrected chi connectivity index (χ1v) is 6.28. The van der Waals surface area contributed by atoms with Crippen LogP contribution in [-0.2, 0) is 4.74 Å². The summed E-state index contributed by atoms with van der Waals surface area (Å²) in [5.41, 5.74) is 0.0990. The molecule has 2 N–H and O–H groups in total. The van der Waals surface area contributed by atoms with Crippen molar-refractivity contribution in [2.24, 2.45) is 5.92 Å². The predicted molar refractivity (Wildman–Crippen MR) is 62.0 cm³/mol. The van der Waals surface area contributed by atoms with Gasteiger partial charge in [0.15, 0.2) is 0 Å². The summed E-state index contributed by atoms with van der Waals surface area (Å²) >= 11 is 0. The molecule has 2 rings (SSSR count). The molecule has 3 heteroatoms. The van der Waals surface area contributed by atoms with Crippen LogP contribution in [0.1, 0.15) is 33.1 Å². The average Bonchev–Trinajstić information content (AvgIpc) is 2.78. The number of hydrogen-bond donors (Lipinski definition) is 2. The highest BCUT2D eigenvalue weighted by molar-refractivity contribution is 4.86. The molecule has 3 atom stereocenters. The first kappa shape index (κ1) is 11.4. The van der Waals surface area contributed by atoms with E-state index in [1.165, 1.54) is 25.8 Å². The molecule has 0 radical (unpaired) electrons. The normalized spacial score (nSPS) is 41.2. The van der Waals surface area contributed by atoms with Crippen LogP contribution in [0.5, 0.6) is 0 Å². The van der Waals surface area contributed by atoms with Gasteiger partial charge in [0.1, 0.15) is 0 Å². The van der Waals surface area contributed by atoms with Crippen LogP contribution in [0.25, 0.3) is 0 Å². The van der Waals surface area contributed by atoms with Crippen LogP contribution in [-0.4, -0.2) is 37.9 Å². The number of nitrogens with one attached hydrogen (secondary N) is 2. The van der Waals surface area contributed by atoms with Crippen LogP contribution >= 0.6 is 0 Å². The van der Waals surface area contributed by atoms with Gasteiger partial charge >= 0.3 is 0 Å². The third kappa shape index (κ3) is 2.92. The summed E-state index contributed by atoms with van der Waals surface area (Å²) in [6, 6.07) is 0.662. The Morgan fingerprint density at radius 2 is 2.40 bits per heavy atom. The van der Waals surface area contributed by atoms with Gasteiger partial charge in [-0.15, -0.1) is 0 Å². The van der Waals surface area contributed by atoms with Crippen molar-refractivity contribution in [1.29, 1.82) is 0 Å². The molecule has 0 amide bonds. The molecule has 0 saturated carbocycles. The topological polar surface area (TPSA) is 33.3 Å². The fourth-order valence-corrected chi connectivity index (χ4v) is 2.64. The van der Waals surface area contributed by atoms with Crippen molar-refractivity contribution in [1.82, 2.24) is 10.6 Å². The van der Waals surface area contributed by atoms with Gasteiger partial charge in [0.05, 0.1) is 5.60 Å². The zero-order valence-electron chi connectivity index (χ0n) is 10.0. The van der Waals surface area contributed by atoms with Crippen LogP contribution in [0.2, 0.25) is 0 Å². The van der Waals surface area contributed by atoms with Crippen LogP contribution in [0.3, 0.4) is 0 Å². The van der Waals surface area contributed by atoms with Crippen molar-refractivity contribution in [3.63, 3.8) is 0 Å². The Balaban J connectivity index is 1.65. The van der Waals surface area contributed by atoms with E-state index >= 15 is 0 Å². The van der Waals surface area contributed by atoms with Crippen molar-refractivity contribution in [2.45, 2.75) is 44.8 Å². The minimum Gasteiger partial charge on any atom is -0.374 e. The van der Waals surface area contributed by atoms with Crippen molar-refractivity contribution in [3.8, 4) is 0 Å². The number of hydrogen-bond acceptors (Lipinski definition) is 3. The quantitative estimate of drug-likeness (QED) is 0.733. The fraction of sp³-hybridized carbons (Fsp3) is 1.00. The van der Waals surface area contributed by atoms with E-state index in [1.807, 2.05) is 0 Å². The fourth-order valence-electron chi connectivity index (χ4n) is 2.64. The van der Waals surface area contributed by atoms with Crippen molar-refractivity contribution < 1.29 is 4.74 Å². The molecule has 0 aliphatic carbocycles. The highest BCUT2D eigenvalue weighted by Crippen LogP contribution is 2.24. The molecule has 3 nitrogen and oxygen atoms in total. The smallest absolute Gasteiger partial charge is 0.0779 e. The van der Waals surface area contributed by atoms with Crippen LogP contribution in [0.4, 0.5) is 0 Å². The zero-order valence-corrected chi connectivity index (χ0v) is 10.0. The molecule has 0 aromatic rings. The van der Waals surface area contributed by atoms with Gasteiger partial charge in [-0.25, -0.2) is 0 Å². The van der Waals surface area contributed by atoms with Gasteiger partial charge in [-0.05, 0) is 38.6 Å². The van der Waals surface area contributed by atoms with Gasteiger partial charge in [0.2, 0.25) is 0 Å². The summed E-state index contributed by atoms with van der Waals surface area (Å²) < 4.78 is 5.75. The second-order valence-corrected chi connectivity index (χ2v) is 5.36. The first-order valence-electron chi connectivity index (χ1n) is 6.28. The Hall–Kier alpha value is -0.120. The largest absolute Gasteiger partial charge is 0.374 e. The first-order chi connectivity index (χ1) is 7.20. The van der Waals surface area contributed by atoms with Crippen LogP contribution < -0.4 is 10.6 Å². The minimum atomic E-state index is 0.0990. The molecule has 0 aromatic heterocycles. The van der Waals surface area contributed by atoms with E-state index in [0.29, 0.717) is 6.04 Å². The number of rotatable bonds is 4. The lowest BCUT2D eigenvalue weighted by Gasteiger charge is -2.25. The molecule has 3 unspecified atom stereocenters. The molecule has 88 valence electrons. The maximum Gasteiger partial charge on any atom is 0.0779 e. The second kappa shape index (κ2) is 4.81. The van der Waals surface area contributed by atoms with E-state index < -0.39 is 0 Å². The minimum absolute atomic E-state index is 0.0990. The molecule has 0 aromatic carbocycles. The van der Waals surface area contributed by atoms with E-state index in [2.05, 4.69) is 24.5 Å².